The number of pyridine rings is 1. The molecule has 1 aliphatic heterocycles. The van der Waals surface area contributed by atoms with Gasteiger partial charge in [-0.05, 0) is 80.1 Å². The van der Waals surface area contributed by atoms with Crippen molar-refractivity contribution in [1.82, 2.24) is 9.88 Å². The maximum atomic E-state index is 14.9. The number of rotatable bonds is 12. The number of piperidine rings is 1. The predicted octanol–water partition coefficient (Wildman–Crippen LogP) is 5.63. The van der Waals surface area contributed by atoms with Gasteiger partial charge in [-0.3, -0.25) is 9.71 Å². The molecule has 1 N–H and O–H groups in total. The third-order valence-corrected chi connectivity index (χ3v) is 8.54. The molecule has 38 heavy (non-hydrogen) atoms. The lowest BCUT2D eigenvalue weighted by Crippen LogP contribution is -2.34. The summed E-state index contributed by atoms with van der Waals surface area (Å²) < 4.78 is 53.1. The summed E-state index contributed by atoms with van der Waals surface area (Å²) >= 11 is 0. The molecular formula is C29H38FN3O4S. The molecule has 0 atom stereocenters. The normalized spacial score (nSPS) is 15.1. The minimum absolute atomic E-state index is 0.00923. The van der Waals surface area contributed by atoms with Crippen molar-refractivity contribution in [3.63, 3.8) is 0 Å². The Labute approximate surface area is 225 Å². The summed E-state index contributed by atoms with van der Waals surface area (Å²) in [7, 11) is -1.88. The van der Waals surface area contributed by atoms with Crippen molar-refractivity contribution in [3.05, 3.63) is 59.5 Å². The number of sulfonamides is 1. The first-order valence-corrected chi connectivity index (χ1v) is 15.0. The number of ether oxygens (including phenoxy) is 2. The maximum Gasteiger partial charge on any atom is 0.232 e. The zero-order valence-corrected chi connectivity index (χ0v) is 23.3. The Kier molecular flexibility index (Phi) is 9.44. The molecule has 7 nitrogen and oxygen atoms in total. The van der Waals surface area contributed by atoms with Gasteiger partial charge in [-0.1, -0.05) is 19.9 Å². The molecule has 206 valence electrons. The first-order chi connectivity index (χ1) is 18.3. The van der Waals surface area contributed by atoms with Crippen LogP contribution in [-0.2, 0) is 16.4 Å². The van der Waals surface area contributed by atoms with Crippen LogP contribution in [0, 0.1) is 11.7 Å². The molecule has 0 radical (unpaired) electrons. The highest BCUT2D eigenvalue weighted by Gasteiger charge is 2.16. The number of fused-ring (bicyclic) bond motifs is 1. The molecule has 2 aromatic carbocycles. The van der Waals surface area contributed by atoms with Crippen molar-refractivity contribution in [1.29, 1.82) is 0 Å². The van der Waals surface area contributed by atoms with Crippen molar-refractivity contribution in [2.75, 3.05) is 43.8 Å². The van der Waals surface area contributed by atoms with E-state index in [1.54, 1.807) is 32.4 Å². The number of halogens is 1. The average molecular weight is 544 g/mol. The maximum absolute atomic E-state index is 14.9. The summed E-state index contributed by atoms with van der Waals surface area (Å²) in [4.78, 5) is 7.01. The molecule has 0 amide bonds. The van der Waals surface area contributed by atoms with Crippen molar-refractivity contribution >= 4 is 26.6 Å². The van der Waals surface area contributed by atoms with Crippen LogP contribution in [-0.4, -0.2) is 57.4 Å². The lowest BCUT2D eigenvalue weighted by atomic mass is 9.99. The predicted molar refractivity (Wildman–Crippen MR) is 150 cm³/mol. The standard InChI is InChI=1S/C29H38FN3O4S/c1-4-16-38(34,35)32-24-7-6-23(26(30)18-24)17-22-8-11-31-27-20-29(28(36-3)19-25(22)27)37-15-5-12-33-13-9-21(2)10-14-33/h6-8,11,18-21,32H,4-5,9-10,12-17H2,1-3H3. The molecule has 2 heterocycles. The van der Waals surface area contributed by atoms with Crippen LogP contribution in [0.5, 0.6) is 11.5 Å². The van der Waals surface area contributed by atoms with Gasteiger partial charge in [0.2, 0.25) is 10.0 Å². The van der Waals surface area contributed by atoms with E-state index < -0.39 is 15.8 Å². The first-order valence-electron chi connectivity index (χ1n) is 13.4. The zero-order chi connectivity index (χ0) is 27.1. The van der Waals surface area contributed by atoms with E-state index in [4.69, 9.17) is 9.47 Å². The molecule has 3 aromatic rings. The number of methoxy groups -OCH3 is 1. The SMILES string of the molecule is CCCS(=O)(=O)Nc1ccc(Cc2ccnc3cc(OCCCN4CCC(C)CC4)c(OC)cc23)c(F)c1. The lowest BCUT2D eigenvalue weighted by Gasteiger charge is -2.30. The molecule has 0 aliphatic carbocycles. The summed E-state index contributed by atoms with van der Waals surface area (Å²) in [5, 5.41) is 0.853. The molecule has 9 heteroatoms. The third kappa shape index (κ3) is 7.35. The number of anilines is 1. The van der Waals surface area contributed by atoms with Crippen LogP contribution in [0.15, 0.2) is 42.6 Å². The van der Waals surface area contributed by atoms with Crippen LogP contribution in [0.3, 0.4) is 0 Å². The van der Waals surface area contributed by atoms with Gasteiger partial charge in [-0.2, -0.15) is 0 Å². The molecule has 0 spiro atoms. The molecule has 4 rings (SSSR count). The van der Waals surface area contributed by atoms with E-state index in [-0.39, 0.29) is 11.4 Å². The average Bonchev–Trinajstić information content (AvgIpc) is 2.88. The van der Waals surface area contributed by atoms with Gasteiger partial charge in [0.05, 0.1) is 30.7 Å². The van der Waals surface area contributed by atoms with E-state index in [9.17, 15) is 12.8 Å². The van der Waals surface area contributed by atoms with E-state index in [0.717, 1.165) is 48.4 Å². The van der Waals surface area contributed by atoms with Crippen molar-refractivity contribution in [2.45, 2.75) is 46.0 Å². The zero-order valence-electron chi connectivity index (χ0n) is 22.5. The van der Waals surface area contributed by atoms with E-state index in [0.29, 0.717) is 36.5 Å². The summed E-state index contributed by atoms with van der Waals surface area (Å²) in [6.45, 7) is 8.03. The molecule has 0 saturated carbocycles. The number of hydrogen-bond donors (Lipinski definition) is 1. The van der Waals surface area contributed by atoms with Crippen LogP contribution in [0.2, 0.25) is 0 Å². The first kappa shape index (κ1) is 28.1. The Morgan fingerprint density at radius 2 is 1.89 bits per heavy atom. The summed E-state index contributed by atoms with van der Waals surface area (Å²) in [6, 6.07) is 10.1. The smallest absolute Gasteiger partial charge is 0.232 e. The second-order valence-electron chi connectivity index (χ2n) is 10.1. The molecule has 1 fully saturated rings. The quantitative estimate of drug-likeness (QED) is 0.299. The number of nitrogens with zero attached hydrogens (tertiary/aromatic N) is 2. The number of likely N-dealkylation sites (tertiary alicyclic amines) is 1. The van der Waals surface area contributed by atoms with E-state index in [1.807, 2.05) is 18.2 Å². The fourth-order valence-electron chi connectivity index (χ4n) is 4.85. The Morgan fingerprint density at radius 3 is 2.61 bits per heavy atom. The van der Waals surface area contributed by atoms with Gasteiger partial charge in [0.25, 0.3) is 0 Å². The second-order valence-corrected chi connectivity index (χ2v) is 12.0. The van der Waals surface area contributed by atoms with Gasteiger partial charge in [-0.15, -0.1) is 0 Å². The largest absolute Gasteiger partial charge is 0.493 e. The van der Waals surface area contributed by atoms with Crippen LogP contribution >= 0.6 is 0 Å². The van der Waals surface area contributed by atoms with Crippen LogP contribution in [0.4, 0.5) is 10.1 Å². The van der Waals surface area contributed by atoms with E-state index >= 15 is 0 Å². The van der Waals surface area contributed by atoms with Gasteiger partial charge in [-0.25, -0.2) is 12.8 Å². The number of hydrogen-bond acceptors (Lipinski definition) is 6. The third-order valence-electron chi connectivity index (χ3n) is 7.05. The molecular weight excluding hydrogens is 505 g/mol. The summed E-state index contributed by atoms with van der Waals surface area (Å²) in [5.41, 5.74) is 2.31. The van der Waals surface area contributed by atoms with Gasteiger partial charge in [0, 0.05) is 30.6 Å². The number of nitrogens with one attached hydrogen (secondary N) is 1. The van der Waals surface area contributed by atoms with Gasteiger partial charge >= 0.3 is 0 Å². The van der Waals surface area contributed by atoms with Crippen LogP contribution in [0.1, 0.15) is 50.7 Å². The number of benzene rings is 2. The second kappa shape index (κ2) is 12.8. The number of aromatic nitrogens is 1. The topological polar surface area (TPSA) is 80.8 Å². The lowest BCUT2D eigenvalue weighted by molar-refractivity contribution is 0.176. The van der Waals surface area contributed by atoms with Gasteiger partial charge in [0.15, 0.2) is 11.5 Å². The van der Waals surface area contributed by atoms with Crippen molar-refractivity contribution < 1.29 is 22.3 Å². The Hall–Kier alpha value is -2.91. The fraction of sp³-hybridized carbons (Fsp3) is 0.483. The molecule has 1 saturated heterocycles. The molecule has 1 aliphatic rings. The van der Waals surface area contributed by atoms with E-state index in [2.05, 4.69) is 21.5 Å². The van der Waals surface area contributed by atoms with Crippen LogP contribution in [0.25, 0.3) is 10.9 Å². The molecule has 0 bridgehead atoms. The van der Waals surface area contributed by atoms with Crippen LogP contribution < -0.4 is 14.2 Å². The van der Waals surface area contributed by atoms with E-state index in [1.165, 1.54) is 18.9 Å². The highest BCUT2D eigenvalue weighted by molar-refractivity contribution is 7.92. The highest BCUT2D eigenvalue weighted by Crippen LogP contribution is 2.34. The molecule has 0 unspecified atom stereocenters. The highest BCUT2D eigenvalue weighted by atomic mass is 32.2. The monoisotopic (exact) mass is 543 g/mol. The van der Waals surface area contributed by atoms with Crippen molar-refractivity contribution in [2.24, 2.45) is 5.92 Å². The molecule has 1 aromatic heterocycles. The Bertz CT molecular complexity index is 1340. The fourth-order valence-corrected chi connectivity index (χ4v) is 5.98. The summed E-state index contributed by atoms with van der Waals surface area (Å²) in [5.74, 6) is 1.60. The van der Waals surface area contributed by atoms with Crippen molar-refractivity contribution in [3.8, 4) is 11.5 Å². The Balaban J connectivity index is 1.45. The summed E-state index contributed by atoms with van der Waals surface area (Å²) in [6.07, 6.45) is 5.98. The van der Waals surface area contributed by atoms with Gasteiger partial charge < -0.3 is 14.4 Å². The minimum Gasteiger partial charge on any atom is -0.493 e. The minimum atomic E-state index is -3.48. The Morgan fingerprint density at radius 1 is 1.11 bits per heavy atom. The van der Waals surface area contributed by atoms with Gasteiger partial charge in [0.1, 0.15) is 5.82 Å².